The molecule has 1 N–H and O–H groups in total. The Bertz CT molecular complexity index is 850. The van der Waals surface area contributed by atoms with Crippen LogP contribution in [0.5, 0.6) is 5.75 Å². The number of aromatic nitrogens is 4. The lowest BCUT2D eigenvalue weighted by Gasteiger charge is -2.37. The van der Waals surface area contributed by atoms with Gasteiger partial charge in [-0.2, -0.15) is 0 Å². The molecule has 0 bridgehead atoms. The van der Waals surface area contributed by atoms with E-state index in [2.05, 4.69) is 38.0 Å². The van der Waals surface area contributed by atoms with Crippen LogP contribution in [0.15, 0.2) is 24.5 Å². The van der Waals surface area contributed by atoms with Gasteiger partial charge in [-0.25, -0.2) is 4.68 Å². The summed E-state index contributed by atoms with van der Waals surface area (Å²) in [5.41, 5.74) is 2.13. The second kappa shape index (κ2) is 9.25. The summed E-state index contributed by atoms with van der Waals surface area (Å²) < 4.78 is 8.61. The van der Waals surface area contributed by atoms with Crippen molar-refractivity contribution in [2.75, 3.05) is 19.7 Å². The van der Waals surface area contributed by atoms with Gasteiger partial charge in [-0.1, -0.05) is 18.6 Å². The minimum atomic E-state index is 0.225. The Morgan fingerprint density at radius 3 is 2.71 bits per heavy atom. The summed E-state index contributed by atoms with van der Waals surface area (Å²) in [5, 5.41) is 18.5. The summed E-state index contributed by atoms with van der Waals surface area (Å²) in [6.45, 7) is 6.15. The van der Waals surface area contributed by atoms with Crippen molar-refractivity contribution < 1.29 is 9.84 Å². The van der Waals surface area contributed by atoms with E-state index in [9.17, 15) is 5.11 Å². The van der Waals surface area contributed by atoms with Gasteiger partial charge in [-0.3, -0.25) is 9.88 Å². The highest BCUT2D eigenvalue weighted by atomic mass is 16.5. The number of unbranched alkanes of at least 4 members (excludes halogenated alkanes) is 1. The van der Waals surface area contributed by atoms with Crippen molar-refractivity contribution >= 4 is 0 Å². The molecule has 1 saturated heterocycles. The topological polar surface area (TPSA) is 76.3 Å². The van der Waals surface area contributed by atoms with E-state index in [1.807, 2.05) is 6.07 Å². The maximum absolute atomic E-state index is 9.49. The van der Waals surface area contributed by atoms with Crippen LogP contribution in [0.2, 0.25) is 0 Å². The molecule has 2 aromatic heterocycles. The second-order valence-corrected chi connectivity index (χ2v) is 9.87. The van der Waals surface area contributed by atoms with Gasteiger partial charge in [0.25, 0.3) is 0 Å². The number of nitrogens with zero attached hydrogens (tertiary/aromatic N) is 5. The van der Waals surface area contributed by atoms with Crippen LogP contribution < -0.4 is 0 Å². The molecule has 168 valence electrons. The van der Waals surface area contributed by atoms with Crippen molar-refractivity contribution in [2.24, 2.45) is 17.8 Å². The van der Waals surface area contributed by atoms with Crippen molar-refractivity contribution in [3.8, 4) is 5.75 Å². The number of hydrogen-bond acceptors (Lipinski definition) is 6. The lowest BCUT2D eigenvalue weighted by molar-refractivity contribution is -0.0375. The first-order chi connectivity index (χ1) is 15.2. The number of hydrogen-bond donors (Lipinski definition) is 1. The Balaban J connectivity index is 1.26. The highest BCUT2D eigenvalue weighted by molar-refractivity contribution is 5.18. The van der Waals surface area contributed by atoms with Crippen LogP contribution in [0.1, 0.15) is 62.9 Å². The standard InChI is InChI=1S/C24H35N5O2/c1-2-3-4-21-15-29(27-26-21)23-9-18-12-28(14-20-7-8-22(30)11-25-20)13-19(18)10-24(23)31-16-17-5-6-17/h7-8,11,15,17-19,23-24,30H,2-6,9-10,12-14,16H2,1H3/t18-,19+,23-,24-/m1/s1. The predicted octanol–water partition coefficient (Wildman–Crippen LogP) is 3.60. The molecule has 0 amide bonds. The van der Waals surface area contributed by atoms with Crippen molar-refractivity contribution in [1.82, 2.24) is 24.9 Å². The summed E-state index contributed by atoms with van der Waals surface area (Å²) in [6, 6.07) is 3.94. The summed E-state index contributed by atoms with van der Waals surface area (Å²) in [5.74, 6) is 2.32. The third-order valence-corrected chi connectivity index (χ3v) is 7.28. The number of aryl methyl sites for hydroxylation is 1. The Hall–Kier alpha value is -1.99. The van der Waals surface area contributed by atoms with E-state index < -0.39 is 0 Å². The number of pyridine rings is 1. The van der Waals surface area contributed by atoms with Crippen LogP contribution in [0.25, 0.3) is 0 Å². The molecule has 1 aliphatic heterocycles. The third kappa shape index (κ3) is 5.09. The molecule has 0 aromatic carbocycles. The molecule has 2 aromatic rings. The normalized spacial score (nSPS) is 28.7. The monoisotopic (exact) mass is 425 g/mol. The Morgan fingerprint density at radius 1 is 1.13 bits per heavy atom. The predicted molar refractivity (Wildman–Crippen MR) is 118 cm³/mol. The van der Waals surface area contributed by atoms with Crippen LogP contribution in [0, 0.1) is 17.8 Å². The van der Waals surface area contributed by atoms with E-state index in [0.29, 0.717) is 11.8 Å². The van der Waals surface area contributed by atoms with Crippen LogP contribution in [-0.2, 0) is 17.7 Å². The quantitative estimate of drug-likeness (QED) is 0.662. The Labute approximate surface area is 184 Å². The molecule has 3 fully saturated rings. The van der Waals surface area contributed by atoms with E-state index in [1.54, 1.807) is 6.07 Å². The first-order valence-electron chi connectivity index (χ1n) is 12.1. The lowest BCUT2D eigenvalue weighted by Crippen LogP contribution is -2.38. The van der Waals surface area contributed by atoms with Gasteiger partial charge in [0.2, 0.25) is 0 Å². The molecule has 2 aliphatic carbocycles. The number of fused-ring (bicyclic) bond motifs is 1. The minimum absolute atomic E-state index is 0.225. The molecule has 2 saturated carbocycles. The second-order valence-electron chi connectivity index (χ2n) is 9.87. The highest BCUT2D eigenvalue weighted by Gasteiger charge is 2.44. The zero-order valence-corrected chi connectivity index (χ0v) is 18.6. The van der Waals surface area contributed by atoms with Gasteiger partial charge in [0, 0.05) is 32.4 Å². The van der Waals surface area contributed by atoms with Crippen LogP contribution in [-0.4, -0.2) is 55.8 Å². The molecule has 0 radical (unpaired) electrons. The first-order valence-corrected chi connectivity index (χ1v) is 12.1. The van der Waals surface area contributed by atoms with Crippen molar-refractivity contribution in [3.05, 3.63) is 35.9 Å². The minimum Gasteiger partial charge on any atom is -0.506 e. The first kappa shape index (κ1) is 20.9. The number of rotatable bonds is 9. The average molecular weight is 426 g/mol. The van der Waals surface area contributed by atoms with Gasteiger partial charge in [0.15, 0.2) is 0 Å². The molecule has 4 atom stereocenters. The molecule has 7 nitrogen and oxygen atoms in total. The fraction of sp³-hybridized carbons (Fsp3) is 0.708. The van der Waals surface area contributed by atoms with Gasteiger partial charge >= 0.3 is 0 Å². The number of aromatic hydroxyl groups is 1. The summed E-state index contributed by atoms with van der Waals surface area (Å²) in [6.07, 6.45) is 12.1. The van der Waals surface area contributed by atoms with Crippen molar-refractivity contribution in [2.45, 2.75) is 70.6 Å². The fourth-order valence-corrected chi connectivity index (χ4v) is 5.31. The molecule has 3 heterocycles. The Morgan fingerprint density at radius 2 is 1.97 bits per heavy atom. The maximum atomic E-state index is 9.49. The largest absolute Gasteiger partial charge is 0.506 e. The molecular formula is C24H35N5O2. The SMILES string of the molecule is CCCCc1cn([C@@H]2C[C@@H]3CN(Cc4ccc(O)cn4)C[C@@H]3C[C@H]2OCC2CC2)nn1. The fourth-order valence-electron chi connectivity index (χ4n) is 5.31. The average Bonchev–Trinajstić information content (AvgIpc) is 3.34. The number of likely N-dealkylation sites (tertiary alicyclic amines) is 1. The zero-order valence-electron chi connectivity index (χ0n) is 18.6. The van der Waals surface area contributed by atoms with E-state index in [0.717, 1.165) is 69.2 Å². The molecule has 5 rings (SSSR count). The maximum Gasteiger partial charge on any atom is 0.133 e. The van der Waals surface area contributed by atoms with Gasteiger partial charge < -0.3 is 9.84 Å². The van der Waals surface area contributed by atoms with Gasteiger partial charge in [-0.15, -0.1) is 5.10 Å². The van der Waals surface area contributed by atoms with Gasteiger partial charge in [0.1, 0.15) is 5.75 Å². The summed E-state index contributed by atoms with van der Waals surface area (Å²) in [7, 11) is 0. The molecule has 31 heavy (non-hydrogen) atoms. The summed E-state index contributed by atoms with van der Waals surface area (Å²) in [4.78, 5) is 6.90. The molecule has 3 aliphatic rings. The molecule has 0 unspecified atom stereocenters. The van der Waals surface area contributed by atoms with Gasteiger partial charge in [-0.05, 0) is 68.4 Å². The number of ether oxygens (including phenoxy) is 1. The van der Waals surface area contributed by atoms with E-state index in [1.165, 1.54) is 25.5 Å². The van der Waals surface area contributed by atoms with Crippen LogP contribution in [0.4, 0.5) is 0 Å². The van der Waals surface area contributed by atoms with E-state index in [-0.39, 0.29) is 17.9 Å². The smallest absolute Gasteiger partial charge is 0.133 e. The molecule has 7 heteroatoms. The molecular weight excluding hydrogens is 390 g/mol. The summed E-state index contributed by atoms with van der Waals surface area (Å²) >= 11 is 0. The van der Waals surface area contributed by atoms with E-state index >= 15 is 0 Å². The lowest BCUT2D eigenvalue weighted by atomic mass is 9.77. The van der Waals surface area contributed by atoms with Gasteiger partial charge in [0.05, 0.1) is 29.7 Å². The third-order valence-electron chi connectivity index (χ3n) is 7.28. The van der Waals surface area contributed by atoms with Crippen molar-refractivity contribution in [1.29, 1.82) is 0 Å². The highest BCUT2D eigenvalue weighted by Crippen LogP contribution is 2.43. The Kier molecular flexibility index (Phi) is 6.23. The zero-order chi connectivity index (χ0) is 21.2. The molecule has 0 spiro atoms. The van der Waals surface area contributed by atoms with E-state index in [4.69, 9.17) is 4.74 Å². The van der Waals surface area contributed by atoms with Crippen LogP contribution >= 0.6 is 0 Å². The van der Waals surface area contributed by atoms with Crippen LogP contribution in [0.3, 0.4) is 0 Å². The van der Waals surface area contributed by atoms with Crippen molar-refractivity contribution in [3.63, 3.8) is 0 Å².